The van der Waals surface area contributed by atoms with Crippen LogP contribution in [0.5, 0.6) is 0 Å². The molecule has 2 aromatic heterocycles. The number of nitrogens with zero attached hydrogens (tertiary/aromatic N) is 3. The number of para-hydroxylation sites is 1. The van der Waals surface area contributed by atoms with Gasteiger partial charge in [-0.05, 0) is 30.1 Å². The summed E-state index contributed by atoms with van der Waals surface area (Å²) < 4.78 is 3.92. The molecule has 1 N–H and O–H groups in total. The first-order valence-corrected chi connectivity index (χ1v) is 7.39. The number of benzene rings is 1. The Bertz CT molecular complexity index is 726. The summed E-state index contributed by atoms with van der Waals surface area (Å²) in [4.78, 5) is 5.43. The lowest BCUT2D eigenvalue weighted by Crippen LogP contribution is -2.04. The van der Waals surface area contributed by atoms with Gasteiger partial charge in [0, 0.05) is 17.5 Å². The number of aromatic nitrogens is 3. The topological polar surface area (TPSA) is 58.9 Å². The van der Waals surface area contributed by atoms with Crippen molar-refractivity contribution >= 4 is 22.4 Å². The van der Waals surface area contributed by atoms with Gasteiger partial charge in [0.15, 0.2) is 0 Å². The lowest BCUT2D eigenvalue weighted by Gasteiger charge is -2.09. The Morgan fingerprint density at radius 3 is 2.90 bits per heavy atom. The molecule has 0 amide bonds. The summed E-state index contributed by atoms with van der Waals surface area (Å²) in [6, 6.07) is 12.0. The van der Waals surface area contributed by atoms with Crippen LogP contribution in [-0.2, 0) is 12.8 Å². The summed E-state index contributed by atoms with van der Waals surface area (Å²) in [5.74, 6) is 0. The number of aryl methyl sites for hydroxylation is 1. The van der Waals surface area contributed by atoms with Crippen molar-refractivity contribution in [2.75, 3.05) is 0 Å². The smallest absolute Gasteiger partial charge is 0.0972 e. The number of aliphatic hydroxyl groups excluding tert-OH is 1. The highest BCUT2D eigenvalue weighted by Crippen LogP contribution is 2.24. The third-order valence-corrected chi connectivity index (χ3v) is 4.15. The molecule has 3 rings (SSSR count). The molecule has 3 aromatic rings. The summed E-state index contributed by atoms with van der Waals surface area (Å²) in [7, 11) is 0. The lowest BCUT2D eigenvalue weighted by molar-refractivity contribution is 0.180. The molecule has 0 aliphatic carbocycles. The summed E-state index contributed by atoms with van der Waals surface area (Å²) in [5.41, 5.74) is 2.71. The first-order valence-electron chi connectivity index (χ1n) is 6.61. The minimum Gasteiger partial charge on any atom is -0.387 e. The summed E-state index contributed by atoms with van der Waals surface area (Å²) in [5, 5.41) is 15.5. The molecule has 1 atom stereocenters. The van der Waals surface area contributed by atoms with Gasteiger partial charge in [-0.15, -0.1) is 5.10 Å². The lowest BCUT2D eigenvalue weighted by atomic mass is 10.1. The molecule has 1 aromatic carbocycles. The Morgan fingerprint density at radius 1 is 1.20 bits per heavy atom. The number of fused-ring (bicyclic) bond motifs is 1. The fourth-order valence-electron chi connectivity index (χ4n) is 2.23. The van der Waals surface area contributed by atoms with E-state index in [-0.39, 0.29) is 0 Å². The van der Waals surface area contributed by atoms with E-state index >= 15 is 0 Å². The van der Waals surface area contributed by atoms with E-state index in [1.165, 1.54) is 11.5 Å². The zero-order valence-electron chi connectivity index (χ0n) is 11.2. The van der Waals surface area contributed by atoms with Crippen molar-refractivity contribution in [3.05, 3.63) is 52.7 Å². The van der Waals surface area contributed by atoms with Gasteiger partial charge >= 0.3 is 0 Å². The van der Waals surface area contributed by atoms with Crippen LogP contribution in [0.15, 0.2) is 36.4 Å². The second-order valence-electron chi connectivity index (χ2n) is 4.65. The standard InChI is InChI=1S/C15H15N3OS/c1-2-12-15(20-18-17-12)14(19)9-11-8-7-10-5-3-4-6-13(10)16-11/h3-8,14,19H,2,9H2,1H3. The Balaban J connectivity index is 1.85. The van der Waals surface area contributed by atoms with Gasteiger partial charge in [0.05, 0.1) is 22.2 Å². The fourth-order valence-corrected chi connectivity index (χ4v) is 2.95. The number of hydrogen-bond acceptors (Lipinski definition) is 5. The largest absolute Gasteiger partial charge is 0.387 e. The summed E-state index contributed by atoms with van der Waals surface area (Å²) in [6.45, 7) is 2.02. The van der Waals surface area contributed by atoms with Gasteiger partial charge in [-0.2, -0.15) is 0 Å². The van der Waals surface area contributed by atoms with Gasteiger partial charge in [0.2, 0.25) is 0 Å². The SMILES string of the molecule is CCc1nnsc1C(O)Cc1ccc2ccccc2n1. The number of hydrogen-bond donors (Lipinski definition) is 1. The molecule has 1 unspecified atom stereocenters. The molecular weight excluding hydrogens is 270 g/mol. The van der Waals surface area contributed by atoms with E-state index in [1.54, 1.807) is 0 Å². The molecule has 5 heteroatoms. The van der Waals surface area contributed by atoms with Crippen LogP contribution >= 0.6 is 11.5 Å². The van der Waals surface area contributed by atoms with Crippen LogP contribution in [0.4, 0.5) is 0 Å². The van der Waals surface area contributed by atoms with E-state index in [2.05, 4.69) is 14.6 Å². The van der Waals surface area contributed by atoms with Gasteiger partial charge in [-0.25, -0.2) is 0 Å². The van der Waals surface area contributed by atoms with Crippen molar-refractivity contribution in [3.8, 4) is 0 Å². The monoisotopic (exact) mass is 285 g/mol. The molecule has 0 saturated heterocycles. The van der Waals surface area contributed by atoms with Crippen LogP contribution < -0.4 is 0 Å². The molecule has 0 radical (unpaired) electrons. The first-order chi connectivity index (χ1) is 9.78. The van der Waals surface area contributed by atoms with Crippen LogP contribution in [0.1, 0.15) is 29.3 Å². The van der Waals surface area contributed by atoms with Gasteiger partial charge in [-0.3, -0.25) is 4.98 Å². The van der Waals surface area contributed by atoms with Crippen LogP contribution in [0.3, 0.4) is 0 Å². The van der Waals surface area contributed by atoms with Crippen molar-refractivity contribution in [1.82, 2.24) is 14.6 Å². The van der Waals surface area contributed by atoms with Gasteiger partial charge < -0.3 is 5.11 Å². The van der Waals surface area contributed by atoms with E-state index in [4.69, 9.17) is 0 Å². The molecule has 102 valence electrons. The van der Waals surface area contributed by atoms with Gasteiger partial charge in [-0.1, -0.05) is 35.7 Å². The first kappa shape index (κ1) is 13.1. The molecule has 0 saturated carbocycles. The zero-order valence-corrected chi connectivity index (χ0v) is 12.0. The third kappa shape index (κ3) is 2.55. The molecule has 0 spiro atoms. The minimum atomic E-state index is -0.585. The number of pyridine rings is 1. The zero-order chi connectivity index (χ0) is 13.9. The normalized spacial score (nSPS) is 12.7. The third-order valence-electron chi connectivity index (χ3n) is 3.28. The van der Waals surface area contributed by atoms with Crippen molar-refractivity contribution < 1.29 is 5.11 Å². The Morgan fingerprint density at radius 2 is 2.05 bits per heavy atom. The predicted octanol–water partition coefficient (Wildman–Crippen LogP) is 2.92. The predicted molar refractivity (Wildman–Crippen MR) is 79.7 cm³/mol. The average Bonchev–Trinajstić information content (AvgIpc) is 2.95. The molecule has 0 aliphatic rings. The highest BCUT2D eigenvalue weighted by Gasteiger charge is 2.17. The van der Waals surface area contributed by atoms with Crippen LogP contribution in [-0.4, -0.2) is 19.7 Å². The van der Waals surface area contributed by atoms with E-state index < -0.39 is 6.10 Å². The van der Waals surface area contributed by atoms with E-state index in [1.807, 2.05) is 43.3 Å². The van der Waals surface area contributed by atoms with Gasteiger partial charge in [0.1, 0.15) is 0 Å². The van der Waals surface area contributed by atoms with E-state index in [0.29, 0.717) is 6.42 Å². The average molecular weight is 285 g/mol. The van der Waals surface area contributed by atoms with E-state index in [9.17, 15) is 5.11 Å². The second-order valence-corrected chi connectivity index (χ2v) is 5.44. The van der Waals surface area contributed by atoms with Crippen LogP contribution in [0.25, 0.3) is 10.9 Å². The van der Waals surface area contributed by atoms with Crippen molar-refractivity contribution in [2.45, 2.75) is 25.9 Å². The molecular formula is C15H15N3OS. The summed E-state index contributed by atoms with van der Waals surface area (Å²) in [6.07, 6.45) is 0.689. The van der Waals surface area contributed by atoms with Crippen LogP contribution in [0, 0.1) is 0 Å². The summed E-state index contributed by atoms with van der Waals surface area (Å²) >= 11 is 1.27. The Kier molecular flexibility index (Phi) is 3.71. The van der Waals surface area contributed by atoms with Gasteiger partial charge in [0.25, 0.3) is 0 Å². The molecule has 0 bridgehead atoms. The molecule has 2 heterocycles. The molecule has 20 heavy (non-hydrogen) atoms. The number of rotatable bonds is 4. The Labute approximate surface area is 121 Å². The molecule has 0 aliphatic heterocycles. The van der Waals surface area contributed by atoms with Crippen molar-refractivity contribution in [3.63, 3.8) is 0 Å². The molecule has 0 fully saturated rings. The quantitative estimate of drug-likeness (QED) is 0.800. The minimum absolute atomic E-state index is 0.488. The number of aliphatic hydroxyl groups is 1. The van der Waals surface area contributed by atoms with Crippen molar-refractivity contribution in [2.24, 2.45) is 0 Å². The van der Waals surface area contributed by atoms with Crippen LogP contribution in [0.2, 0.25) is 0 Å². The Hall–Kier alpha value is -1.85. The highest BCUT2D eigenvalue weighted by atomic mass is 32.1. The molecule has 4 nitrogen and oxygen atoms in total. The van der Waals surface area contributed by atoms with Crippen molar-refractivity contribution in [1.29, 1.82) is 0 Å². The fraction of sp³-hybridized carbons (Fsp3) is 0.267. The second kappa shape index (κ2) is 5.64. The maximum absolute atomic E-state index is 10.3. The highest BCUT2D eigenvalue weighted by molar-refractivity contribution is 7.05. The van der Waals surface area contributed by atoms with E-state index in [0.717, 1.165) is 33.6 Å². The maximum Gasteiger partial charge on any atom is 0.0972 e. The maximum atomic E-state index is 10.3.